The Morgan fingerprint density at radius 2 is 2.00 bits per heavy atom. The number of carbonyl (C=O) groups is 1. The topological polar surface area (TPSA) is 50.2 Å². The second-order valence-electron chi connectivity index (χ2n) is 4.75. The maximum atomic E-state index is 13.7. The summed E-state index contributed by atoms with van der Waals surface area (Å²) in [7, 11) is 4.75. The molecule has 0 aliphatic rings. The molecule has 1 amide bonds. The second kappa shape index (κ2) is 5.90. The van der Waals surface area contributed by atoms with Crippen LogP contribution in [0.1, 0.15) is 15.9 Å². The van der Waals surface area contributed by atoms with Crippen LogP contribution in [0.2, 0.25) is 0 Å². The summed E-state index contributed by atoms with van der Waals surface area (Å²) in [6.45, 7) is 0.309. The summed E-state index contributed by atoms with van der Waals surface area (Å²) < 4.78 is 29.0. The van der Waals surface area contributed by atoms with Crippen molar-refractivity contribution in [3.05, 3.63) is 47.3 Å². The number of rotatable bonds is 4. The Bertz CT molecular complexity index is 646. The molecule has 7 heteroatoms. The maximum Gasteiger partial charge on any atom is 0.254 e. The zero-order chi connectivity index (χ0) is 15.6. The van der Waals surface area contributed by atoms with Gasteiger partial charge in [-0.15, -0.1) is 0 Å². The predicted molar refractivity (Wildman–Crippen MR) is 74.9 cm³/mol. The van der Waals surface area contributed by atoms with Crippen molar-refractivity contribution in [2.75, 3.05) is 19.4 Å². The van der Waals surface area contributed by atoms with Crippen molar-refractivity contribution in [1.29, 1.82) is 0 Å². The lowest BCUT2D eigenvalue weighted by Gasteiger charge is -2.17. The molecule has 5 nitrogen and oxygen atoms in total. The Kier molecular flexibility index (Phi) is 4.21. The van der Waals surface area contributed by atoms with Gasteiger partial charge in [0.05, 0.1) is 6.20 Å². The molecule has 0 aliphatic heterocycles. The van der Waals surface area contributed by atoms with Crippen molar-refractivity contribution in [2.45, 2.75) is 6.54 Å². The molecular formula is C14H16F2N4O. The Hall–Kier alpha value is -2.44. The molecule has 21 heavy (non-hydrogen) atoms. The summed E-state index contributed by atoms with van der Waals surface area (Å²) in [4.78, 5) is 13.6. The molecule has 0 saturated heterocycles. The minimum Gasteiger partial charge on any atom is -0.383 e. The maximum absolute atomic E-state index is 13.7. The summed E-state index contributed by atoms with van der Waals surface area (Å²) >= 11 is 0. The molecule has 1 N–H and O–H groups in total. The van der Waals surface area contributed by atoms with Gasteiger partial charge in [-0.05, 0) is 12.1 Å². The highest BCUT2D eigenvalue weighted by molar-refractivity contribution is 5.94. The molecular weight excluding hydrogens is 278 g/mol. The number of halogens is 2. The van der Waals surface area contributed by atoms with Gasteiger partial charge < -0.3 is 10.2 Å². The number of aromatic nitrogens is 2. The van der Waals surface area contributed by atoms with Crippen molar-refractivity contribution in [3.63, 3.8) is 0 Å². The predicted octanol–water partition coefficient (Wildman–Crippen LogP) is 2.01. The number of hydrogen-bond donors (Lipinski definition) is 1. The first kappa shape index (κ1) is 15.0. The molecule has 2 rings (SSSR count). The summed E-state index contributed by atoms with van der Waals surface area (Å²) in [5.41, 5.74) is 0.554. The van der Waals surface area contributed by atoms with Crippen LogP contribution in [-0.4, -0.2) is 34.7 Å². The second-order valence-corrected chi connectivity index (χ2v) is 4.75. The largest absolute Gasteiger partial charge is 0.383 e. The van der Waals surface area contributed by atoms with Crippen LogP contribution in [0.3, 0.4) is 0 Å². The Morgan fingerprint density at radius 3 is 2.48 bits per heavy atom. The van der Waals surface area contributed by atoms with Crippen LogP contribution >= 0.6 is 0 Å². The lowest BCUT2D eigenvalue weighted by molar-refractivity contribution is 0.0784. The van der Waals surface area contributed by atoms with E-state index in [1.807, 2.05) is 0 Å². The number of nitrogens with one attached hydrogen (secondary N) is 1. The first-order chi connectivity index (χ1) is 9.92. The molecule has 1 aromatic heterocycles. The van der Waals surface area contributed by atoms with E-state index in [1.165, 1.54) is 11.9 Å². The molecule has 1 aromatic carbocycles. The van der Waals surface area contributed by atoms with Crippen LogP contribution in [0.4, 0.5) is 14.5 Å². The number of amides is 1. The lowest BCUT2D eigenvalue weighted by atomic mass is 10.1. The van der Waals surface area contributed by atoms with E-state index in [4.69, 9.17) is 0 Å². The molecule has 0 fully saturated rings. The van der Waals surface area contributed by atoms with E-state index >= 15 is 0 Å². The SMILES string of the molecule is CNc1c(F)cc(C(=O)N(C)Cc2cnn(C)c2)cc1F. The fraction of sp³-hybridized carbons (Fsp3) is 0.286. The summed E-state index contributed by atoms with van der Waals surface area (Å²) in [5, 5.41) is 6.42. The molecule has 112 valence electrons. The number of benzene rings is 1. The van der Waals surface area contributed by atoms with Gasteiger partial charge in [-0.3, -0.25) is 9.48 Å². The monoisotopic (exact) mass is 294 g/mol. The molecule has 0 bridgehead atoms. The fourth-order valence-electron chi connectivity index (χ4n) is 2.06. The fourth-order valence-corrected chi connectivity index (χ4v) is 2.06. The van der Waals surface area contributed by atoms with Gasteiger partial charge in [0.15, 0.2) is 0 Å². The van der Waals surface area contributed by atoms with Gasteiger partial charge in [0, 0.05) is 45.0 Å². The molecule has 0 radical (unpaired) electrons. The third-order valence-electron chi connectivity index (χ3n) is 3.06. The smallest absolute Gasteiger partial charge is 0.254 e. The van der Waals surface area contributed by atoms with Crippen LogP contribution < -0.4 is 5.32 Å². The molecule has 0 atom stereocenters. The van der Waals surface area contributed by atoms with Gasteiger partial charge >= 0.3 is 0 Å². The molecule has 1 heterocycles. The standard InChI is InChI=1S/C14H16F2N4O/c1-17-13-11(15)4-10(5-12(13)16)14(21)19(2)7-9-6-18-20(3)8-9/h4-6,8,17H,7H2,1-3H3. The normalized spacial score (nSPS) is 10.5. The first-order valence-electron chi connectivity index (χ1n) is 6.32. The third-order valence-corrected chi connectivity index (χ3v) is 3.06. The van der Waals surface area contributed by atoms with Crippen LogP contribution in [0.25, 0.3) is 0 Å². The summed E-state index contributed by atoms with van der Waals surface area (Å²) in [6, 6.07) is 2.05. The van der Waals surface area contributed by atoms with Crippen molar-refractivity contribution in [1.82, 2.24) is 14.7 Å². The summed E-state index contributed by atoms with van der Waals surface area (Å²) in [6.07, 6.45) is 3.41. The molecule has 0 unspecified atom stereocenters. The quantitative estimate of drug-likeness (QED) is 0.938. The van der Waals surface area contributed by atoms with Crippen molar-refractivity contribution in [3.8, 4) is 0 Å². The van der Waals surface area contributed by atoms with Gasteiger partial charge in [-0.25, -0.2) is 8.78 Å². The Labute approximate surface area is 121 Å². The lowest BCUT2D eigenvalue weighted by Crippen LogP contribution is -2.26. The van der Waals surface area contributed by atoms with E-state index in [2.05, 4.69) is 10.4 Å². The van der Waals surface area contributed by atoms with Crippen LogP contribution in [-0.2, 0) is 13.6 Å². The molecule has 0 aliphatic carbocycles. The average Bonchev–Trinajstić information content (AvgIpc) is 2.82. The van der Waals surface area contributed by atoms with E-state index in [0.717, 1.165) is 17.7 Å². The van der Waals surface area contributed by atoms with E-state index in [-0.39, 0.29) is 11.3 Å². The third kappa shape index (κ3) is 3.18. The highest BCUT2D eigenvalue weighted by atomic mass is 19.1. The average molecular weight is 294 g/mol. The van der Waals surface area contributed by atoms with Crippen LogP contribution in [0.5, 0.6) is 0 Å². The minimum atomic E-state index is -0.796. The van der Waals surface area contributed by atoms with Gasteiger partial charge in [-0.2, -0.15) is 5.10 Å². The van der Waals surface area contributed by atoms with Gasteiger partial charge in [0.25, 0.3) is 5.91 Å². The van der Waals surface area contributed by atoms with Gasteiger partial charge in [0.1, 0.15) is 17.3 Å². The van der Waals surface area contributed by atoms with Crippen molar-refractivity contribution < 1.29 is 13.6 Å². The number of hydrogen-bond acceptors (Lipinski definition) is 3. The molecule has 0 spiro atoms. The number of carbonyl (C=O) groups excluding carboxylic acids is 1. The zero-order valence-corrected chi connectivity index (χ0v) is 12.0. The zero-order valence-electron chi connectivity index (χ0n) is 12.0. The van der Waals surface area contributed by atoms with E-state index in [0.29, 0.717) is 6.54 Å². The Morgan fingerprint density at radius 1 is 1.38 bits per heavy atom. The Balaban J connectivity index is 2.19. The highest BCUT2D eigenvalue weighted by Crippen LogP contribution is 2.21. The molecule has 0 saturated carbocycles. The number of aryl methyl sites for hydroxylation is 1. The van der Waals surface area contributed by atoms with Crippen LogP contribution in [0.15, 0.2) is 24.5 Å². The van der Waals surface area contributed by atoms with Crippen LogP contribution in [0, 0.1) is 11.6 Å². The highest BCUT2D eigenvalue weighted by Gasteiger charge is 2.17. The van der Waals surface area contributed by atoms with Gasteiger partial charge in [0.2, 0.25) is 0 Å². The minimum absolute atomic E-state index is 0.0320. The van der Waals surface area contributed by atoms with E-state index in [1.54, 1.807) is 31.2 Å². The number of anilines is 1. The van der Waals surface area contributed by atoms with Crippen molar-refractivity contribution in [2.24, 2.45) is 7.05 Å². The van der Waals surface area contributed by atoms with E-state index < -0.39 is 17.5 Å². The summed E-state index contributed by atoms with van der Waals surface area (Å²) in [5.74, 6) is -2.05. The van der Waals surface area contributed by atoms with Gasteiger partial charge in [-0.1, -0.05) is 0 Å². The number of nitrogens with zero attached hydrogens (tertiary/aromatic N) is 3. The van der Waals surface area contributed by atoms with Crippen molar-refractivity contribution >= 4 is 11.6 Å². The van der Waals surface area contributed by atoms with E-state index in [9.17, 15) is 13.6 Å². The molecule has 2 aromatic rings. The first-order valence-corrected chi connectivity index (χ1v) is 6.32.